The molecule has 4 aromatic rings. The Kier molecular flexibility index (Phi) is 4.81. The molecule has 0 aliphatic carbocycles. The number of fused-ring (bicyclic) bond motifs is 1. The lowest BCUT2D eigenvalue weighted by molar-refractivity contribution is -0.136. The molecule has 0 saturated carbocycles. The smallest absolute Gasteiger partial charge is 0.259 e. The molecule has 3 aromatic carbocycles. The summed E-state index contributed by atoms with van der Waals surface area (Å²) in [5.74, 6) is 0. The second kappa shape index (κ2) is 7.15. The molecule has 0 spiro atoms. The Labute approximate surface area is 169 Å². The topological polar surface area (TPSA) is 17.8 Å². The second-order valence-corrected chi connectivity index (χ2v) is 7.15. The van der Waals surface area contributed by atoms with Crippen molar-refractivity contribution in [3.8, 4) is 11.3 Å². The number of benzene rings is 3. The van der Waals surface area contributed by atoms with Crippen molar-refractivity contribution in [2.24, 2.45) is 0 Å². The van der Waals surface area contributed by atoms with Crippen LogP contribution in [0.15, 0.2) is 66.7 Å². The summed E-state index contributed by atoms with van der Waals surface area (Å²) < 4.78 is 42.1. The van der Waals surface area contributed by atoms with Crippen LogP contribution in [0.1, 0.15) is 11.1 Å². The Morgan fingerprint density at radius 3 is 2.36 bits per heavy atom. The number of hydrogen-bond donors (Lipinski definition) is 0. The number of halogens is 5. The molecule has 0 amide bonds. The van der Waals surface area contributed by atoms with E-state index in [-0.39, 0.29) is 12.1 Å². The Morgan fingerprint density at radius 2 is 1.64 bits per heavy atom. The molecule has 142 valence electrons. The van der Waals surface area contributed by atoms with Crippen molar-refractivity contribution in [3.63, 3.8) is 0 Å². The van der Waals surface area contributed by atoms with Crippen molar-refractivity contribution in [2.75, 3.05) is 0 Å². The first-order valence-corrected chi connectivity index (χ1v) is 9.16. The lowest BCUT2D eigenvalue weighted by Crippen LogP contribution is -2.07. The molecule has 0 aliphatic rings. The highest BCUT2D eigenvalue weighted by Crippen LogP contribution is 2.38. The van der Waals surface area contributed by atoms with Gasteiger partial charge in [0.15, 0.2) is 0 Å². The van der Waals surface area contributed by atoms with Gasteiger partial charge in [-0.05, 0) is 29.8 Å². The van der Waals surface area contributed by atoms with Crippen molar-refractivity contribution in [1.82, 2.24) is 9.78 Å². The summed E-state index contributed by atoms with van der Waals surface area (Å²) in [4.78, 5) is 0. The van der Waals surface area contributed by atoms with E-state index in [1.807, 2.05) is 30.3 Å². The fourth-order valence-corrected chi connectivity index (χ4v) is 3.59. The normalized spacial score (nSPS) is 11.9. The zero-order valence-electron chi connectivity index (χ0n) is 14.3. The SMILES string of the molecule is FC(F)(F)c1cccc2c(-c3ccccc3)n(Cc3cc(Cl)ccc3Cl)nc12. The van der Waals surface area contributed by atoms with E-state index in [1.165, 1.54) is 6.07 Å². The van der Waals surface area contributed by atoms with E-state index in [9.17, 15) is 13.2 Å². The molecule has 2 nitrogen and oxygen atoms in total. The van der Waals surface area contributed by atoms with Gasteiger partial charge in [-0.3, -0.25) is 4.68 Å². The van der Waals surface area contributed by atoms with Crippen molar-refractivity contribution in [3.05, 3.63) is 87.9 Å². The van der Waals surface area contributed by atoms with Gasteiger partial charge in [0.25, 0.3) is 0 Å². The Hall–Kier alpha value is -2.50. The number of hydrogen-bond acceptors (Lipinski definition) is 1. The first kappa shape index (κ1) is 18.8. The molecule has 0 atom stereocenters. The Balaban J connectivity index is 1.98. The largest absolute Gasteiger partial charge is 0.418 e. The second-order valence-electron chi connectivity index (χ2n) is 6.31. The van der Waals surface area contributed by atoms with Gasteiger partial charge in [-0.15, -0.1) is 0 Å². The van der Waals surface area contributed by atoms with E-state index >= 15 is 0 Å². The minimum Gasteiger partial charge on any atom is -0.259 e. The summed E-state index contributed by atoms with van der Waals surface area (Å²) >= 11 is 12.3. The zero-order valence-corrected chi connectivity index (χ0v) is 15.9. The summed E-state index contributed by atoms with van der Waals surface area (Å²) in [5.41, 5.74) is 1.18. The maximum absolute atomic E-state index is 13.5. The highest BCUT2D eigenvalue weighted by atomic mass is 35.5. The van der Waals surface area contributed by atoms with Crippen LogP contribution in [0.2, 0.25) is 10.0 Å². The molecule has 0 N–H and O–H groups in total. The quantitative estimate of drug-likeness (QED) is 0.346. The molecule has 4 rings (SSSR count). The molecule has 0 bridgehead atoms. The van der Waals surface area contributed by atoms with Crippen molar-refractivity contribution in [2.45, 2.75) is 12.7 Å². The van der Waals surface area contributed by atoms with Crippen molar-refractivity contribution < 1.29 is 13.2 Å². The molecular formula is C21H13Cl2F3N2. The van der Waals surface area contributed by atoms with E-state index in [0.717, 1.165) is 11.6 Å². The molecule has 1 heterocycles. The number of alkyl halides is 3. The van der Waals surface area contributed by atoms with Crippen LogP contribution >= 0.6 is 23.2 Å². The van der Waals surface area contributed by atoms with Gasteiger partial charge in [0.05, 0.1) is 17.8 Å². The zero-order chi connectivity index (χ0) is 19.9. The molecule has 0 unspecified atom stereocenters. The third-order valence-corrected chi connectivity index (χ3v) is 5.05. The van der Waals surface area contributed by atoms with Crippen molar-refractivity contribution >= 4 is 34.1 Å². The van der Waals surface area contributed by atoms with Crippen LogP contribution in [0, 0.1) is 0 Å². The van der Waals surface area contributed by atoms with E-state index in [2.05, 4.69) is 5.10 Å². The van der Waals surface area contributed by atoms with E-state index in [1.54, 1.807) is 28.9 Å². The molecular weight excluding hydrogens is 408 g/mol. The Morgan fingerprint density at radius 1 is 0.893 bits per heavy atom. The minimum atomic E-state index is -4.50. The fourth-order valence-electron chi connectivity index (χ4n) is 3.22. The summed E-state index contributed by atoms with van der Waals surface area (Å²) in [5, 5.41) is 5.71. The average Bonchev–Trinajstić information content (AvgIpc) is 3.02. The molecule has 0 radical (unpaired) electrons. The third-order valence-electron chi connectivity index (χ3n) is 4.45. The van der Waals surface area contributed by atoms with Gasteiger partial charge >= 0.3 is 6.18 Å². The predicted octanol–water partition coefficient (Wildman–Crippen LogP) is 7.08. The van der Waals surface area contributed by atoms with Crippen LogP contribution in [0.3, 0.4) is 0 Å². The van der Waals surface area contributed by atoms with E-state index in [4.69, 9.17) is 23.2 Å². The molecule has 28 heavy (non-hydrogen) atoms. The standard InChI is InChI=1S/C21H13Cl2F3N2/c22-15-9-10-18(23)14(11-15)12-28-20(13-5-2-1-3-6-13)16-7-4-8-17(19(16)27-28)21(24,25)26/h1-11H,12H2. The number of rotatable bonds is 3. The van der Waals surface area contributed by atoms with E-state index < -0.39 is 11.7 Å². The minimum absolute atomic E-state index is 0.0907. The fraction of sp³-hybridized carbons (Fsp3) is 0.0952. The Bertz CT molecular complexity index is 1150. The molecule has 0 aliphatic heterocycles. The lowest BCUT2D eigenvalue weighted by atomic mass is 10.0. The molecule has 7 heteroatoms. The summed E-state index contributed by atoms with van der Waals surface area (Å²) in [6.07, 6.45) is -4.50. The average molecular weight is 421 g/mol. The van der Waals surface area contributed by atoms with Gasteiger partial charge in [0.1, 0.15) is 5.52 Å². The van der Waals surface area contributed by atoms with Crippen LogP contribution in [0.25, 0.3) is 22.2 Å². The molecule has 0 saturated heterocycles. The predicted molar refractivity (Wildman–Crippen MR) is 106 cm³/mol. The van der Waals surface area contributed by atoms with Crippen molar-refractivity contribution in [1.29, 1.82) is 0 Å². The van der Waals surface area contributed by atoms with Crippen LogP contribution in [-0.2, 0) is 12.7 Å². The van der Waals surface area contributed by atoms with Crippen LogP contribution in [0.4, 0.5) is 13.2 Å². The van der Waals surface area contributed by atoms with Gasteiger partial charge < -0.3 is 0 Å². The summed E-state index contributed by atoms with van der Waals surface area (Å²) in [6, 6.07) is 18.3. The molecule has 0 fully saturated rings. The first-order valence-electron chi connectivity index (χ1n) is 8.40. The van der Waals surface area contributed by atoms with E-state index in [0.29, 0.717) is 26.7 Å². The van der Waals surface area contributed by atoms with Crippen LogP contribution in [0.5, 0.6) is 0 Å². The number of nitrogens with zero attached hydrogens (tertiary/aromatic N) is 2. The summed E-state index contributed by atoms with van der Waals surface area (Å²) in [7, 11) is 0. The highest BCUT2D eigenvalue weighted by molar-refractivity contribution is 6.33. The first-order chi connectivity index (χ1) is 13.3. The van der Waals surface area contributed by atoms with Gasteiger partial charge in [-0.25, -0.2) is 0 Å². The van der Waals surface area contributed by atoms with Gasteiger partial charge in [0.2, 0.25) is 0 Å². The van der Waals surface area contributed by atoms with Crippen LogP contribution in [-0.4, -0.2) is 9.78 Å². The van der Waals surface area contributed by atoms with Gasteiger partial charge in [-0.2, -0.15) is 18.3 Å². The lowest BCUT2D eigenvalue weighted by Gasteiger charge is -2.10. The maximum Gasteiger partial charge on any atom is 0.418 e. The summed E-state index contributed by atoms with van der Waals surface area (Å²) in [6.45, 7) is 0.190. The van der Waals surface area contributed by atoms with Gasteiger partial charge in [-0.1, -0.05) is 65.7 Å². The highest BCUT2D eigenvalue weighted by Gasteiger charge is 2.34. The molecule has 1 aromatic heterocycles. The number of aromatic nitrogens is 2. The third kappa shape index (κ3) is 3.48. The monoisotopic (exact) mass is 420 g/mol. The maximum atomic E-state index is 13.5. The van der Waals surface area contributed by atoms with Crippen LogP contribution < -0.4 is 0 Å². The van der Waals surface area contributed by atoms with Gasteiger partial charge in [0, 0.05) is 21.0 Å².